The second-order valence-electron chi connectivity index (χ2n) is 5.85. The summed E-state index contributed by atoms with van der Waals surface area (Å²) in [5.41, 5.74) is 4.71. The van der Waals surface area contributed by atoms with Crippen molar-refractivity contribution in [3.8, 4) is 0 Å². The van der Waals surface area contributed by atoms with E-state index in [1.54, 1.807) is 0 Å². The molecule has 4 N–H and O–H groups in total. The molecule has 0 unspecified atom stereocenters. The monoisotopic (exact) mass is 254 g/mol. The van der Waals surface area contributed by atoms with Crippen molar-refractivity contribution < 1.29 is 14.7 Å². The molecule has 0 aromatic rings. The summed E-state index contributed by atoms with van der Waals surface area (Å²) in [4.78, 5) is 23.2. The van der Waals surface area contributed by atoms with Crippen LogP contribution in [-0.2, 0) is 9.59 Å². The number of nitrogens with two attached hydrogens (primary N) is 1. The minimum Gasteiger partial charge on any atom is -0.481 e. The number of hydrogen-bond acceptors (Lipinski definition) is 3. The maximum Gasteiger partial charge on any atom is 0.305 e. The largest absolute Gasteiger partial charge is 0.481 e. The molecule has 2 fully saturated rings. The molecule has 0 atom stereocenters. The summed E-state index contributed by atoms with van der Waals surface area (Å²) < 4.78 is 0. The van der Waals surface area contributed by atoms with Crippen molar-refractivity contribution in [1.29, 1.82) is 0 Å². The molecule has 1 amide bonds. The smallest absolute Gasteiger partial charge is 0.305 e. The van der Waals surface area contributed by atoms with Crippen LogP contribution >= 0.6 is 0 Å². The van der Waals surface area contributed by atoms with Crippen LogP contribution in [0.2, 0.25) is 0 Å². The molecular weight excluding hydrogens is 232 g/mol. The van der Waals surface area contributed by atoms with Crippen molar-refractivity contribution in [2.24, 2.45) is 11.1 Å². The van der Waals surface area contributed by atoms with Crippen molar-refractivity contribution in [3.05, 3.63) is 0 Å². The third kappa shape index (κ3) is 2.66. The first kappa shape index (κ1) is 13.3. The summed E-state index contributed by atoms with van der Waals surface area (Å²) in [5, 5.41) is 12.1. The lowest BCUT2D eigenvalue weighted by molar-refractivity contribution is -0.140. The van der Waals surface area contributed by atoms with Crippen LogP contribution in [0.1, 0.15) is 51.4 Å². The second kappa shape index (κ2) is 4.88. The average Bonchev–Trinajstić information content (AvgIpc) is 3.09. The molecule has 0 aliphatic heterocycles. The van der Waals surface area contributed by atoms with Crippen LogP contribution in [0.25, 0.3) is 0 Å². The molecule has 0 aromatic carbocycles. The van der Waals surface area contributed by atoms with Crippen molar-refractivity contribution in [2.75, 3.05) is 6.54 Å². The fraction of sp³-hybridized carbons (Fsp3) is 0.846. The van der Waals surface area contributed by atoms with E-state index in [0.29, 0.717) is 6.54 Å². The number of nitrogens with one attached hydrogen (secondary N) is 1. The standard InChI is InChI=1S/C13H22N2O3/c14-9-12(6-7-12)11(18)15-13(8-10(16)17)4-2-1-3-5-13/h1-9,14H2,(H,15,18)(H,16,17). The number of carbonyl (C=O) groups excluding carboxylic acids is 1. The van der Waals surface area contributed by atoms with Crippen LogP contribution in [0.4, 0.5) is 0 Å². The highest BCUT2D eigenvalue weighted by Crippen LogP contribution is 2.45. The van der Waals surface area contributed by atoms with Crippen LogP contribution < -0.4 is 11.1 Å². The normalized spacial score (nSPS) is 24.3. The van der Waals surface area contributed by atoms with E-state index < -0.39 is 16.9 Å². The van der Waals surface area contributed by atoms with Gasteiger partial charge in [-0.2, -0.15) is 0 Å². The molecule has 102 valence electrons. The molecule has 2 aliphatic carbocycles. The lowest BCUT2D eigenvalue weighted by Gasteiger charge is -2.38. The number of rotatable bonds is 5. The molecular formula is C13H22N2O3. The Labute approximate surface area is 107 Å². The van der Waals surface area contributed by atoms with Gasteiger partial charge in [-0.15, -0.1) is 0 Å². The van der Waals surface area contributed by atoms with E-state index in [2.05, 4.69) is 5.32 Å². The maximum atomic E-state index is 12.2. The first-order chi connectivity index (χ1) is 8.52. The van der Waals surface area contributed by atoms with Gasteiger partial charge in [0.05, 0.1) is 17.4 Å². The van der Waals surface area contributed by atoms with Crippen molar-refractivity contribution in [1.82, 2.24) is 5.32 Å². The Hall–Kier alpha value is -1.10. The molecule has 2 aliphatic rings. The molecule has 0 heterocycles. The maximum absolute atomic E-state index is 12.2. The molecule has 0 bridgehead atoms. The molecule has 0 saturated heterocycles. The van der Waals surface area contributed by atoms with E-state index in [-0.39, 0.29) is 12.3 Å². The Morgan fingerprint density at radius 3 is 2.17 bits per heavy atom. The Morgan fingerprint density at radius 2 is 1.72 bits per heavy atom. The van der Waals surface area contributed by atoms with Crippen LogP contribution in [-0.4, -0.2) is 29.1 Å². The number of carbonyl (C=O) groups is 2. The van der Waals surface area contributed by atoms with Crippen LogP contribution in [0.3, 0.4) is 0 Å². The lowest BCUT2D eigenvalue weighted by Crippen LogP contribution is -2.54. The van der Waals surface area contributed by atoms with Crippen molar-refractivity contribution in [3.63, 3.8) is 0 Å². The third-order valence-electron chi connectivity index (χ3n) is 4.40. The zero-order valence-electron chi connectivity index (χ0n) is 10.7. The summed E-state index contributed by atoms with van der Waals surface area (Å²) in [6.45, 7) is 0.363. The molecule has 2 rings (SSSR count). The Kier molecular flexibility index (Phi) is 3.61. The number of hydrogen-bond donors (Lipinski definition) is 3. The van der Waals surface area contributed by atoms with Gasteiger partial charge in [-0.3, -0.25) is 9.59 Å². The van der Waals surface area contributed by atoms with E-state index in [1.165, 1.54) is 0 Å². The van der Waals surface area contributed by atoms with E-state index in [1.807, 2.05) is 0 Å². The summed E-state index contributed by atoms with van der Waals surface area (Å²) in [7, 11) is 0. The number of carboxylic acids is 1. The van der Waals surface area contributed by atoms with E-state index >= 15 is 0 Å². The second-order valence-corrected chi connectivity index (χ2v) is 5.85. The number of carboxylic acid groups (broad SMARTS) is 1. The summed E-state index contributed by atoms with van der Waals surface area (Å²) in [5.74, 6) is -0.872. The summed E-state index contributed by atoms with van der Waals surface area (Å²) >= 11 is 0. The predicted octanol–water partition coefficient (Wildman–Crippen LogP) is 1.02. The zero-order chi connectivity index (χ0) is 13.2. The highest BCUT2D eigenvalue weighted by molar-refractivity contribution is 5.86. The minimum atomic E-state index is -0.838. The van der Waals surface area contributed by atoms with E-state index in [9.17, 15) is 9.59 Å². The number of amides is 1. The van der Waals surface area contributed by atoms with Gasteiger partial charge in [0, 0.05) is 6.54 Å². The lowest BCUT2D eigenvalue weighted by atomic mass is 9.78. The quantitative estimate of drug-likeness (QED) is 0.683. The van der Waals surface area contributed by atoms with Crippen LogP contribution in [0, 0.1) is 5.41 Å². The first-order valence-electron chi connectivity index (χ1n) is 6.76. The first-order valence-corrected chi connectivity index (χ1v) is 6.76. The zero-order valence-corrected chi connectivity index (χ0v) is 10.7. The van der Waals surface area contributed by atoms with Crippen LogP contribution in [0.15, 0.2) is 0 Å². The SMILES string of the molecule is NCC1(C(=O)NC2(CC(=O)O)CCCCC2)CC1. The summed E-state index contributed by atoms with van der Waals surface area (Å²) in [6.07, 6.45) is 6.33. The van der Waals surface area contributed by atoms with Gasteiger partial charge in [0.2, 0.25) is 5.91 Å². The van der Waals surface area contributed by atoms with Gasteiger partial charge >= 0.3 is 5.97 Å². The molecule has 0 radical (unpaired) electrons. The van der Waals surface area contributed by atoms with E-state index in [4.69, 9.17) is 10.8 Å². The number of aliphatic carboxylic acids is 1. The minimum absolute atomic E-state index is 0.0272. The Balaban J connectivity index is 2.05. The topological polar surface area (TPSA) is 92.4 Å². The Morgan fingerprint density at radius 1 is 1.11 bits per heavy atom. The van der Waals surface area contributed by atoms with Gasteiger partial charge in [-0.05, 0) is 25.7 Å². The molecule has 5 nitrogen and oxygen atoms in total. The predicted molar refractivity (Wildman–Crippen MR) is 66.9 cm³/mol. The highest BCUT2D eigenvalue weighted by atomic mass is 16.4. The van der Waals surface area contributed by atoms with Crippen molar-refractivity contribution >= 4 is 11.9 Å². The molecule has 2 saturated carbocycles. The van der Waals surface area contributed by atoms with E-state index in [0.717, 1.165) is 44.9 Å². The van der Waals surface area contributed by atoms with Gasteiger partial charge in [0.25, 0.3) is 0 Å². The van der Waals surface area contributed by atoms with Gasteiger partial charge < -0.3 is 16.2 Å². The highest BCUT2D eigenvalue weighted by Gasteiger charge is 2.51. The van der Waals surface area contributed by atoms with Gasteiger partial charge in [-0.25, -0.2) is 0 Å². The van der Waals surface area contributed by atoms with Gasteiger partial charge in [-0.1, -0.05) is 19.3 Å². The molecule has 5 heteroatoms. The Bertz CT molecular complexity index is 344. The van der Waals surface area contributed by atoms with Crippen molar-refractivity contribution in [2.45, 2.75) is 56.9 Å². The van der Waals surface area contributed by atoms with Gasteiger partial charge in [0.1, 0.15) is 0 Å². The van der Waals surface area contributed by atoms with Crippen LogP contribution in [0.5, 0.6) is 0 Å². The molecule has 0 aromatic heterocycles. The molecule has 18 heavy (non-hydrogen) atoms. The fourth-order valence-corrected chi connectivity index (χ4v) is 2.91. The molecule has 0 spiro atoms. The summed E-state index contributed by atoms with van der Waals surface area (Å²) in [6, 6.07) is 0. The average molecular weight is 254 g/mol. The van der Waals surface area contributed by atoms with Gasteiger partial charge in [0.15, 0.2) is 0 Å². The fourth-order valence-electron chi connectivity index (χ4n) is 2.91. The third-order valence-corrected chi connectivity index (χ3v) is 4.40.